The number of fused-ring (bicyclic) bond motifs is 1. The van der Waals surface area contributed by atoms with Crippen molar-refractivity contribution in [3.8, 4) is 0 Å². The van der Waals surface area contributed by atoms with Crippen LogP contribution in [0.5, 0.6) is 0 Å². The Morgan fingerprint density at radius 1 is 1.30 bits per heavy atom. The van der Waals surface area contributed by atoms with E-state index in [2.05, 4.69) is 21.9 Å². The molecule has 1 aliphatic carbocycles. The summed E-state index contributed by atoms with van der Waals surface area (Å²) in [4.78, 5) is 25.3. The molecule has 0 spiro atoms. The van der Waals surface area contributed by atoms with Crippen molar-refractivity contribution in [2.24, 2.45) is 0 Å². The number of hydrogen-bond donors (Lipinski definition) is 1. The van der Waals surface area contributed by atoms with Crippen molar-refractivity contribution in [1.29, 1.82) is 0 Å². The molecule has 2 amide bonds. The number of halogens is 1. The van der Waals surface area contributed by atoms with Crippen LogP contribution in [0.1, 0.15) is 31.2 Å². The van der Waals surface area contributed by atoms with Crippen LogP contribution in [0, 0.1) is 0 Å². The molecule has 158 valence electrons. The number of carbonyl (C=O) groups excluding carboxylic acids is 1. The number of aromatic nitrogens is 2. The van der Waals surface area contributed by atoms with Crippen molar-refractivity contribution >= 4 is 35.1 Å². The van der Waals surface area contributed by atoms with Gasteiger partial charge >= 0.3 is 6.03 Å². The van der Waals surface area contributed by atoms with Gasteiger partial charge in [-0.15, -0.1) is 6.58 Å². The first-order chi connectivity index (χ1) is 14.6. The Labute approximate surface area is 181 Å². The molecule has 0 bridgehead atoms. The van der Waals surface area contributed by atoms with E-state index in [9.17, 15) is 4.79 Å². The van der Waals surface area contributed by atoms with Gasteiger partial charge in [-0.1, -0.05) is 29.8 Å². The highest BCUT2D eigenvalue weighted by molar-refractivity contribution is 6.34. The molecule has 30 heavy (non-hydrogen) atoms. The van der Waals surface area contributed by atoms with Gasteiger partial charge in [-0.05, 0) is 37.8 Å². The van der Waals surface area contributed by atoms with E-state index in [1.165, 1.54) is 0 Å². The lowest BCUT2D eigenvalue weighted by molar-refractivity contribution is 0.0443. The summed E-state index contributed by atoms with van der Waals surface area (Å²) in [6.45, 7) is 4.68. The first kappa shape index (κ1) is 20.6. The number of carbonyl (C=O) groups is 1. The highest BCUT2D eigenvalue weighted by Gasteiger charge is 2.32. The van der Waals surface area contributed by atoms with Crippen molar-refractivity contribution < 1.29 is 9.53 Å². The average Bonchev–Trinajstić information content (AvgIpc) is 2.77. The summed E-state index contributed by atoms with van der Waals surface area (Å²) >= 11 is 6.30. The Hall–Kier alpha value is -2.64. The zero-order chi connectivity index (χ0) is 21.1. The lowest BCUT2D eigenvalue weighted by atomic mass is 9.93. The van der Waals surface area contributed by atoms with Crippen molar-refractivity contribution in [2.45, 2.75) is 44.4 Å². The summed E-state index contributed by atoms with van der Waals surface area (Å²) < 4.78 is 5.75. The second-order valence-corrected chi connectivity index (χ2v) is 8.07. The zero-order valence-electron chi connectivity index (χ0n) is 17.1. The highest BCUT2D eigenvalue weighted by Crippen LogP contribution is 2.33. The van der Waals surface area contributed by atoms with Gasteiger partial charge in [-0.25, -0.2) is 9.78 Å². The molecule has 2 aliphatic rings. The van der Waals surface area contributed by atoms with E-state index >= 15 is 0 Å². The van der Waals surface area contributed by atoms with Crippen LogP contribution in [0.2, 0.25) is 5.02 Å². The summed E-state index contributed by atoms with van der Waals surface area (Å²) in [5, 5.41) is 3.96. The van der Waals surface area contributed by atoms with E-state index in [1.807, 2.05) is 18.2 Å². The summed E-state index contributed by atoms with van der Waals surface area (Å²) in [5.74, 6) is 1.18. The molecule has 2 heterocycles. The number of anilines is 3. The quantitative estimate of drug-likeness (QED) is 0.680. The van der Waals surface area contributed by atoms with Crippen LogP contribution < -0.4 is 15.1 Å². The minimum Gasteiger partial charge on any atom is -0.374 e. The van der Waals surface area contributed by atoms with Crippen LogP contribution in [-0.4, -0.2) is 41.8 Å². The Morgan fingerprint density at radius 3 is 2.80 bits per heavy atom. The van der Waals surface area contributed by atoms with Gasteiger partial charge in [0.05, 0.1) is 30.0 Å². The van der Waals surface area contributed by atoms with Crippen molar-refractivity contribution in [2.75, 3.05) is 28.8 Å². The van der Waals surface area contributed by atoms with Crippen LogP contribution in [0.4, 0.5) is 22.2 Å². The third kappa shape index (κ3) is 4.27. The van der Waals surface area contributed by atoms with Crippen LogP contribution in [0.15, 0.2) is 43.1 Å². The number of nitrogens with one attached hydrogen (secondary N) is 1. The number of para-hydroxylation sites is 1. The molecule has 1 aromatic heterocycles. The molecule has 8 heteroatoms. The molecule has 0 atom stereocenters. The maximum atomic E-state index is 13.0. The number of nitrogens with zero attached hydrogens (tertiary/aromatic N) is 4. The van der Waals surface area contributed by atoms with Gasteiger partial charge in [-0.2, -0.15) is 4.98 Å². The molecule has 1 N–H and O–H groups in total. The normalized spacial score (nSPS) is 21.3. The number of ether oxygens (including phenoxy) is 1. The fourth-order valence-corrected chi connectivity index (χ4v) is 4.24. The van der Waals surface area contributed by atoms with Gasteiger partial charge in [0.15, 0.2) is 0 Å². The SMILES string of the molecule is C=CCOC1CCC(Nc2ncc3c(n2)N(C)C(=O)N(c2ccccc2Cl)C3)CC1. The molecular weight excluding hydrogens is 402 g/mol. The van der Waals surface area contributed by atoms with Crippen molar-refractivity contribution in [3.05, 3.63) is 53.7 Å². The van der Waals surface area contributed by atoms with E-state index in [0.29, 0.717) is 47.8 Å². The first-order valence-corrected chi connectivity index (χ1v) is 10.6. The second-order valence-electron chi connectivity index (χ2n) is 7.66. The van der Waals surface area contributed by atoms with Crippen LogP contribution in [0.25, 0.3) is 0 Å². The molecule has 2 aromatic rings. The molecule has 0 saturated heterocycles. The van der Waals surface area contributed by atoms with E-state index in [4.69, 9.17) is 16.3 Å². The first-order valence-electron chi connectivity index (χ1n) is 10.2. The molecule has 1 saturated carbocycles. The van der Waals surface area contributed by atoms with Gasteiger partial charge in [-0.3, -0.25) is 9.80 Å². The number of amides is 2. The molecule has 4 rings (SSSR count). The average molecular weight is 428 g/mol. The van der Waals surface area contributed by atoms with Crippen molar-refractivity contribution in [3.63, 3.8) is 0 Å². The smallest absolute Gasteiger partial charge is 0.330 e. The third-order valence-corrected chi connectivity index (χ3v) is 5.93. The minimum atomic E-state index is -0.167. The predicted octanol–water partition coefficient (Wildman–Crippen LogP) is 4.63. The van der Waals surface area contributed by atoms with Crippen LogP contribution in [0.3, 0.4) is 0 Å². The Kier molecular flexibility index (Phi) is 6.20. The summed E-state index contributed by atoms with van der Waals surface area (Å²) in [5.41, 5.74) is 1.56. The number of benzene rings is 1. The van der Waals surface area contributed by atoms with Gasteiger partial charge < -0.3 is 10.1 Å². The molecule has 1 fully saturated rings. The second kappa shape index (κ2) is 9.02. The van der Waals surface area contributed by atoms with Crippen molar-refractivity contribution in [1.82, 2.24) is 9.97 Å². The minimum absolute atomic E-state index is 0.167. The van der Waals surface area contributed by atoms with Gasteiger partial charge in [0, 0.05) is 24.8 Å². The lowest BCUT2D eigenvalue weighted by Crippen LogP contribution is -2.46. The summed E-state index contributed by atoms with van der Waals surface area (Å²) in [6.07, 6.45) is 7.87. The number of urea groups is 1. The fourth-order valence-electron chi connectivity index (χ4n) is 4.00. The third-order valence-electron chi connectivity index (χ3n) is 5.61. The highest BCUT2D eigenvalue weighted by atomic mass is 35.5. The largest absolute Gasteiger partial charge is 0.374 e. The van der Waals surface area contributed by atoms with Gasteiger partial charge in [0.2, 0.25) is 5.95 Å². The van der Waals surface area contributed by atoms with E-state index in [-0.39, 0.29) is 6.03 Å². The summed E-state index contributed by atoms with van der Waals surface area (Å²) in [6, 6.07) is 7.46. The summed E-state index contributed by atoms with van der Waals surface area (Å²) in [7, 11) is 1.73. The topological polar surface area (TPSA) is 70.6 Å². The van der Waals surface area contributed by atoms with Crippen LogP contribution >= 0.6 is 11.6 Å². The Bertz CT molecular complexity index is 929. The zero-order valence-corrected chi connectivity index (χ0v) is 17.8. The number of rotatable bonds is 6. The maximum Gasteiger partial charge on any atom is 0.330 e. The van der Waals surface area contributed by atoms with Gasteiger partial charge in [0.25, 0.3) is 0 Å². The van der Waals surface area contributed by atoms with E-state index in [1.54, 1.807) is 35.2 Å². The Balaban J connectivity index is 1.45. The molecule has 0 radical (unpaired) electrons. The Morgan fingerprint density at radius 2 is 2.07 bits per heavy atom. The lowest BCUT2D eigenvalue weighted by Gasteiger charge is -2.34. The van der Waals surface area contributed by atoms with E-state index < -0.39 is 0 Å². The number of hydrogen-bond acceptors (Lipinski definition) is 5. The monoisotopic (exact) mass is 427 g/mol. The molecule has 7 nitrogen and oxygen atoms in total. The molecule has 0 unspecified atom stereocenters. The fraction of sp³-hybridized carbons (Fsp3) is 0.409. The molecule has 1 aromatic carbocycles. The molecule has 1 aliphatic heterocycles. The molecular formula is C22H26ClN5O2. The maximum absolute atomic E-state index is 13.0. The van der Waals surface area contributed by atoms with E-state index in [0.717, 1.165) is 31.2 Å². The van der Waals surface area contributed by atoms with Crippen LogP contribution in [-0.2, 0) is 11.3 Å². The van der Waals surface area contributed by atoms with Gasteiger partial charge in [0.1, 0.15) is 5.82 Å². The predicted molar refractivity (Wildman–Crippen MR) is 119 cm³/mol. The standard InChI is InChI=1S/C22H26ClN5O2/c1-3-12-30-17-10-8-16(9-11-17)25-21-24-13-15-14-28(19-7-5-4-6-18(19)23)22(29)27(2)20(15)26-21/h3-7,13,16-17H,1,8-12,14H2,2H3,(H,24,25,26).